The zero-order chi connectivity index (χ0) is 24.3. The molecule has 0 bridgehead atoms. The second-order valence-electron chi connectivity index (χ2n) is 7.38. The molecule has 0 unspecified atom stereocenters. The Morgan fingerprint density at radius 2 is 1.41 bits per heavy atom. The van der Waals surface area contributed by atoms with Crippen LogP contribution in [0.5, 0.6) is 0 Å². The van der Waals surface area contributed by atoms with Crippen molar-refractivity contribution in [1.29, 1.82) is 0 Å². The van der Waals surface area contributed by atoms with Crippen molar-refractivity contribution >= 4 is 46.5 Å². The van der Waals surface area contributed by atoms with Gasteiger partial charge in [0, 0.05) is 5.56 Å². The molecule has 12 heteroatoms. The molecule has 0 aliphatic heterocycles. The van der Waals surface area contributed by atoms with Crippen molar-refractivity contribution in [2.45, 2.75) is 26.4 Å². The lowest BCUT2D eigenvalue weighted by molar-refractivity contribution is -0.137. The first-order chi connectivity index (χ1) is 14.9. The third kappa shape index (κ3) is 11.1. The van der Waals surface area contributed by atoms with Gasteiger partial charge in [-0.3, -0.25) is 24.0 Å². The number of esters is 1. The molecule has 1 aromatic carbocycles. The van der Waals surface area contributed by atoms with E-state index >= 15 is 0 Å². The van der Waals surface area contributed by atoms with Gasteiger partial charge in [0.05, 0.1) is 24.4 Å². The summed E-state index contributed by atoms with van der Waals surface area (Å²) >= 11 is 0.696. The SMILES string of the molecule is CC(C)(C)OC(=O)c1cccc(C(=O)SCC(=O)NCC(=O)NCC(=O)NCC(=O)O)c1. The Labute approximate surface area is 188 Å². The Hall–Kier alpha value is -3.41. The van der Waals surface area contributed by atoms with Crippen LogP contribution in [0, 0.1) is 0 Å². The summed E-state index contributed by atoms with van der Waals surface area (Å²) in [5, 5.41) is 14.6. The average Bonchev–Trinajstić information content (AvgIpc) is 2.71. The molecule has 174 valence electrons. The Morgan fingerprint density at radius 1 is 0.875 bits per heavy atom. The minimum atomic E-state index is -1.22. The molecule has 0 atom stereocenters. The van der Waals surface area contributed by atoms with Crippen LogP contribution in [0.15, 0.2) is 24.3 Å². The van der Waals surface area contributed by atoms with Gasteiger partial charge in [0.2, 0.25) is 22.8 Å². The van der Waals surface area contributed by atoms with Crippen LogP contribution >= 0.6 is 11.8 Å². The van der Waals surface area contributed by atoms with E-state index in [1.165, 1.54) is 24.3 Å². The van der Waals surface area contributed by atoms with E-state index in [4.69, 9.17) is 9.84 Å². The third-order valence-corrected chi connectivity index (χ3v) is 4.30. The summed E-state index contributed by atoms with van der Waals surface area (Å²) in [6.45, 7) is 3.74. The van der Waals surface area contributed by atoms with Crippen LogP contribution < -0.4 is 16.0 Å². The number of carbonyl (C=O) groups excluding carboxylic acids is 5. The van der Waals surface area contributed by atoms with Crippen molar-refractivity contribution in [3.63, 3.8) is 0 Å². The van der Waals surface area contributed by atoms with Crippen molar-refractivity contribution in [1.82, 2.24) is 16.0 Å². The predicted molar refractivity (Wildman–Crippen MR) is 115 cm³/mol. The lowest BCUT2D eigenvalue weighted by atomic mass is 10.1. The first-order valence-electron chi connectivity index (χ1n) is 9.40. The van der Waals surface area contributed by atoms with Gasteiger partial charge in [0.1, 0.15) is 12.1 Å². The first kappa shape index (κ1) is 26.6. The molecule has 0 heterocycles. The number of carboxylic acids is 1. The molecular weight excluding hydrogens is 442 g/mol. The topological polar surface area (TPSA) is 168 Å². The highest BCUT2D eigenvalue weighted by molar-refractivity contribution is 8.14. The van der Waals surface area contributed by atoms with E-state index in [0.29, 0.717) is 11.8 Å². The van der Waals surface area contributed by atoms with E-state index in [-0.39, 0.29) is 16.9 Å². The van der Waals surface area contributed by atoms with Gasteiger partial charge in [-0.05, 0) is 32.9 Å². The zero-order valence-corrected chi connectivity index (χ0v) is 18.7. The number of aliphatic carboxylic acids is 1. The number of hydrogen-bond donors (Lipinski definition) is 4. The van der Waals surface area contributed by atoms with E-state index in [9.17, 15) is 28.8 Å². The lowest BCUT2D eigenvalue weighted by Gasteiger charge is -2.19. The number of thioether (sulfide) groups is 1. The Morgan fingerprint density at radius 3 is 1.97 bits per heavy atom. The van der Waals surface area contributed by atoms with Crippen molar-refractivity contribution in [2.24, 2.45) is 0 Å². The van der Waals surface area contributed by atoms with Gasteiger partial charge in [0.15, 0.2) is 0 Å². The fourth-order valence-electron chi connectivity index (χ4n) is 2.03. The molecule has 32 heavy (non-hydrogen) atoms. The maximum atomic E-state index is 12.3. The normalized spacial score (nSPS) is 10.6. The molecule has 0 spiro atoms. The van der Waals surface area contributed by atoms with Crippen LogP contribution in [0.3, 0.4) is 0 Å². The molecule has 0 radical (unpaired) electrons. The second-order valence-corrected chi connectivity index (χ2v) is 8.33. The second kappa shape index (κ2) is 12.4. The van der Waals surface area contributed by atoms with Crippen LogP contribution in [0.1, 0.15) is 41.5 Å². The highest BCUT2D eigenvalue weighted by Gasteiger charge is 2.19. The molecule has 0 aliphatic rings. The molecule has 0 aliphatic carbocycles. The molecule has 1 aromatic rings. The van der Waals surface area contributed by atoms with Crippen LogP contribution in [-0.4, -0.2) is 70.9 Å². The van der Waals surface area contributed by atoms with Gasteiger partial charge in [-0.2, -0.15) is 0 Å². The maximum absolute atomic E-state index is 12.3. The lowest BCUT2D eigenvalue weighted by Crippen LogP contribution is -2.43. The Bertz CT molecular complexity index is 895. The molecule has 11 nitrogen and oxygen atoms in total. The number of hydrogen-bond acceptors (Lipinski definition) is 8. The monoisotopic (exact) mass is 467 g/mol. The van der Waals surface area contributed by atoms with E-state index < -0.39 is 60.0 Å². The van der Waals surface area contributed by atoms with Crippen molar-refractivity contribution < 1.29 is 38.6 Å². The Balaban J connectivity index is 2.42. The fraction of sp³-hybridized carbons (Fsp3) is 0.400. The van der Waals surface area contributed by atoms with Crippen LogP contribution in [0.25, 0.3) is 0 Å². The molecule has 3 amide bonds. The average molecular weight is 468 g/mol. The summed E-state index contributed by atoms with van der Waals surface area (Å²) in [4.78, 5) is 69.5. The van der Waals surface area contributed by atoms with E-state index in [1.54, 1.807) is 20.8 Å². The Kier molecular flexibility index (Phi) is 10.4. The highest BCUT2D eigenvalue weighted by atomic mass is 32.2. The number of rotatable bonds is 10. The third-order valence-electron chi connectivity index (χ3n) is 3.40. The minimum absolute atomic E-state index is 0.208. The largest absolute Gasteiger partial charge is 0.480 e. The van der Waals surface area contributed by atoms with Gasteiger partial charge in [0.25, 0.3) is 0 Å². The number of nitrogens with one attached hydrogen (secondary N) is 3. The zero-order valence-electron chi connectivity index (χ0n) is 17.9. The quantitative estimate of drug-likeness (QED) is 0.345. The van der Waals surface area contributed by atoms with Crippen LogP contribution in [0.2, 0.25) is 0 Å². The molecule has 0 saturated heterocycles. The number of carbonyl (C=O) groups is 6. The summed E-state index contributed by atoms with van der Waals surface area (Å²) < 4.78 is 5.26. The van der Waals surface area contributed by atoms with E-state index in [1.807, 2.05) is 0 Å². The van der Waals surface area contributed by atoms with Gasteiger partial charge < -0.3 is 25.8 Å². The number of carboxylic acid groups (broad SMARTS) is 1. The van der Waals surface area contributed by atoms with Crippen molar-refractivity contribution in [2.75, 3.05) is 25.4 Å². The molecule has 0 fully saturated rings. The van der Waals surface area contributed by atoms with Crippen LogP contribution in [-0.2, 0) is 23.9 Å². The maximum Gasteiger partial charge on any atom is 0.338 e. The van der Waals surface area contributed by atoms with Crippen molar-refractivity contribution in [3.8, 4) is 0 Å². The standard InChI is InChI=1S/C20H25N3O8S/c1-20(2,3)31-18(29)12-5-4-6-13(7-12)19(30)32-11-16(26)22-9-14(24)21-8-15(25)23-10-17(27)28/h4-7H,8-11H2,1-3H3,(H,21,24)(H,22,26)(H,23,25)(H,27,28). The molecule has 0 aromatic heterocycles. The highest BCUT2D eigenvalue weighted by Crippen LogP contribution is 2.17. The van der Waals surface area contributed by atoms with Gasteiger partial charge in [-0.1, -0.05) is 23.9 Å². The fourth-order valence-corrected chi connectivity index (χ4v) is 2.69. The van der Waals surface area contributed by atoms with Gasteiger partial charge in [-0.15, -0.1) is 0 Å². The molecule has 4 N–H and O–H groups in total. The summed E-state index contributed by atoms with van der Waals surface area (Å²) in [5.74, 6) is -4.00. The number of amides is 3. The summed E-state index contributed by atoms with van der Waals surface area (Å²) in [6, 6.07) is 5.93. The predicted octanol–water partition coefficient (Wildman–Crippen LogP) is -0.0515. The van der Waals surface area contributed by atoms with Crippen molar-refractivity contribution in [3.05, 3.63) is 35.4 Å². The summed E-state index contributed by atoms with van der Waals surface area (Å²) in [6.07, 6.45) is 0. The van der Waals surface area contributed by atoms with Gasteiger partial charge in [-0.25, -0.2) is 4.79 Å². The van der Waals surface area contributed by atoms with Gasteiger partial charge >= 0.3 is 11.9 Å². The van der Waals surface area contributed by atoms with E-state index in [0.717, 1.165) is 0 Å². The summed E-state index contributed by atoms with van der Waals surface area (Å²) in [5.41, 5.74) is -0.255. The molecule has 1 rings (SSSR count). The summed E-state index contributed by atoms with van der Waals surface area (Å²) in [7, 11) is 0. The molecular formula is C20H25N3O8S. The van der Waals surface area contributed by atoms with E-state index in [2.05, 4.69) is 16.0 Å². The molecule has 0 saturated carbocycles. The smallest absolute Gasteiger partial charge is 0.338 e. The number of ether oxygens (including phenoxy) is 1. The first-order valence-corrected chi connectivity index (χ1v) is 10.4. The minimum Gasteiger partial charge on any atom is -0.480 e. The number of benzene rings is 1. The van der Waals surface area contributed by atoms with Crippen LogP contribution in [0.4, 0.5) is 0 Å².